The highest BCUT2D eigenvalue weighted by Crippen LogP contribution is 2.23. The average molecular weight is 329 g/mol. The van der Waals surface area contributed by atoms with E-state index in [-0.39, 0.29) is 18.4 Å². The van der Waals surface area contributed by atoms with Crippen LogP contribution in [0.5, 0.6) is 0 Å². The average Bonchev–Trinajstić information content (AvgIpc) is 2.53. The predicted octanol–water partition coefficient (Wildman–Crippen LogP) is 3.96. The van der Waals surface area contributed by atoms with Crippen molar-refractivity contribution in [1.29, 1.82) is 0 Å². The lowest BCUT2D eigenvalue weighted by atomic mass is 9.88. The minimum atomic E-state index is -4.30. The third-order valence-corrected chi connectivity index (χ3v) is 4.00. The summed E-state index contributed by atoms with van der Waals surface area (Å²) in [6, 6.07) is 7.04. The van der Waals surface area contributed by atoms with Gasteiger partial charge in [0.15, 0.2) is 0 Å². The van der Waals surface area contributed by atoms with Gasteiger partial charge in [-0.25, -0.2) is 0 Å². The van der Waals surface area contributed by atoms with Crippen LogP contribution in [0, 0.1) is 5.92 Å². The number of alkyl halides is 3. The van der Waals surface area contributed by atoms with Crippen molar-refractivity contribution < 1.29 is 22.7 Å². The summed E-state index contributed by atoms with van der Waals surface area (Å²) < 4.78 is 40.6. The smallest absolute Gasteiger partial charge is 0.367 e. The molecule has 1 aromatic carbocycles. The van der Waals surface area contributed by atoms with Crippen molar-refractivity contribution in [3.63, 3.8) is 0 Å². The van der Waals surface area contributed by atoms with Gasteiger partial charge in [-0.1, -0.05) is 43.5 Å². The zero-order valence-corrected chi connectivity index (χ0v) is 13.0. The van der Waals surface area contributed by atoms with Crippen molar-refractivity contribution in [2.24, 2.45) is 5.92 Å². The molecule has 0 atom stereocenters. The highest BCUT2D eigenvalue weighted by atomic mass is 19.4. The minimum absolute atomic E-state index is 0.0752. The van der Waals surface area contributed by atoms with Crippen molar-refractivity contribution in [3.05, 3.63) is 35.4 Å². The molecule has 0 radical (unpaired) electrons. The molecule has 2 rings (SSSR count). The first-order chi connectivity index (χ1) is 10.9. The molecule has 1 aliphatic carbocycles. The molecular formula is C17H22F3NO2. The quantitative estimate of drug-likeness (QED) is 0.858. The second-order valence-electron chi connectivity index (χ2n) is 5.98. The molecule has 0 bridgehead atoms. The molecule has 3 nitrogen and oxygen atoms in total. The van der Waals surface area contributed by atoms with Crippen LogP contribution >= 0.6 is 0 Å². The third kappa shape index (κ3) is 6.60. The first kappa shape index (κ1) is 17.8. The van der Waals surface area contributed by atoms with Gasteiger partial charge in [0.2, 0.25) is 5.91 Å². The maximum Gasteiger partial charge on any atom is 0.411 e. The van der Waals surface area contributed by atoms with Gasteiger partial charge in [0.25, 0.3) is 0 Å². The Morgan fingerprint density at radius 3 is 2.30 bits per heavy atom. The summed E-state index contributed by atoms with van der Waals surface area (Å²) in [6.07, 6.45) is 1.06. The lowest BCUT2D eigenvalue weighted by Gasteiger charge is -2.20. The molecule has 1 fully saturated rings. The molecule has 128 valence electrons. The summed E-state index contributed by atoms with van der Waals surface area (Å²) in [5, 5.41) is 2.93. The van der Waals surface area contributed by atoms with Crippen molar-refractivity contribution in [2.45, 2.75) is 51.4 Å². The Labute approximate surface area is 134 Å². The van der Waals surface area contributed by atoms with Crippen LogP contribution in [0.15, 0.2) is 24.3 Å². The van der Waals surface area contributed by atoms with Crippen LogP contribution in [-0.4, -0.2) is 18.7 Å². The van der Waals surface area contributed by atoms with Crippen LogP contribution in [0.4, 0.5) is 13.2 Å². The number of hydrogen-bond acceptors (Lipinski definition) is 2. The van der Waals surface area contributed by atoms with Gasteiger partial charge in [0, 0.05) is 12.5 Å². The second kappa shape index (κ2) is 8.34. The number of halogens is 3. The van der Waals surface area contributed by atoms with Crippen molar-refractivity contribution in [1.82, 2.24) is 5.32 Å². The van der Waals surface area contributed by atoms with E-state index in [9.17, 15) is 18.0 Å². The number of hydrogen-bond donors (Lipinski definition) is 1. The molecule has 0 aliphatic heterocycles. The number of nitrogens with one attached hydrogen (secondary N) is 1. The fourth-order valence-corrected chi connectivity index (χ4v) is 2.74. The molecule has 0 unspecified atom stereocenters. The van der Waals surface area contributed by atoms with Crippen LogP contribution in [0.25, 0.3) is 0 Å². The molecule has 0 saturated heterocycles. The van der Waals surface area contributed by atoms with E-state index >= 15 is 0 Å². The van der Waals surface area contributed by atoms with Crippen molar-refractivity contribution >= 4 is 5.91 Å². The largest absolute Gasteiger partial charge is 0.411 e. The normalized spacial score (nSPS) is 16.3. The zero-order valence-electron chi connectivity index (χ0n) is 13.0. The first-order valence-corrected chi connectivity index (χ1v) is 7.94. The number of carbonyl (C=O) groups excluding carboxylic acids is 1. The zero-order chi connectivity index (χ0) is 16.7. The summed E-state index contributed by atoms with van der Waals surface area (Å²) in [4.78, 5) is 12.0. The Morgan fingerprint density at radius 2 is 1.70 bits per heavy atom. The number of rotatable bonds is 6. The molecule has 0 heterocycles. The Morgan fingerprint density at radius 1 is 1.09 bits per heavy atom. The van der Waals surface area contributed by atoms with Crippen LogP contribution in [0.1, 0.15) is 43.2 Å². The Hall–Kier alpha value is -1.56. The van der Waals surface area contributed by atoms with E-state index < -0.39 is 12.8 Å². The fourth-order valence-electron chi connectivity index (χ4n) is 2.74. The third-order valence-electron chi connectivity index (χ3n) is 4.00. The highest BCUT2D eigenvalue weighted by Gasteiger charge is 2.27. The van der Waals surface area contributed by atoms with Crippen LogP contribution in [0.3, 0.4) is 0 Å². The van der Waals surface area contributed by atoms with Gasteiger partial charge in [-0.3, -0.25) is 4.79 Å². The molecular weight excluding hydrogens is 307 g/mol. The molecule has 1 aromatic rings. The van der Waals surface area contributed by atoms with E-state index in [0.29, 0.717) is 12.1 Å². The molecule has 6 heteroatoms. The van der Waals surface area contributed by atoms with Crippen LogP contribution < -0.4 is 5.32 Å². The number of amides is 1. The van der Waals surface area contributed by atoms with Gasteiger partial charge in [0.1, 0.15) is 6.61 Å². The summed E-state index contributed by atoms with van der Waals surface area (Å²) in [6.45, 7) is -0.876. The molecule has 23 heavy (non-hydrogen) atoms. The first-order valence-electron chi connectivity index (χ1n) is 7.94. The maximum atomic E-state index is 12.0. The predicted molar refractivity (Wildman–Crippen MR) is 80.6 cm³/mol. The van der Waals surface area contributed by atoms with E-state index in [4.69, 9.17) is 0 Å². The lowest BCUT2D eigenvalue weighted by Crippen LogP contribution is -2.31. The molecule has 1 saturated carbocycles. The van der Waals surface area contributed by atoms with Crippen molar-refractivity contribution in [3.8, 4) is 0 Å². The SMILES string of the molecule is O=C(NCc1ccc(COCC(F)(F)F)cc1)C1CCCCC1. The fraction of sp³-hybridized carbons (Fsp3) is 0.588. The number of ether oxygens (including phenoxy) is 1. The Bertz CT molecular complexity index is 494. The highest BCUT2D eigenvalue weighted by molar-refractivity contribution is 5.78. The van der Waals surface area contributed by atoms with Gasteiger partial charge < -0.3 is 10.1 Å². The summed E-state index contributed by atoms with van der Waals surface area (Å²) >= 11 is 0. The van der Waals surface area contributed by atoms with E-state index in [1.807, 2.05) is 0 Å². The summed E-state index contributed by atoms with van der Waals surface area (Å²) in [5.74, 6) is 0.223. The standard InChI is InChI=1S/C17H22F3NO2/c18-17(19,20)12-23-11-14-8-6-13(7-9-14)10-21-16(22)15-4-2-1-3-5-15/h6-9,15H,1-5,10-12H2,(H,21,22). The molecule has 1 aliphatic rings. The maximum absolute atomic E-state index is 12.0. The van der Waals surface area contributed by atoms with Gasteiger partial charge in [0.05, 0.1) is 6.61 Å². The summed E-state index contributed by atoms with van der Waals surface area (Å²) in [5.41, 5.74) is 1.60. The second-order valence-corrected chi connectivity index (χ2v) is 5.98. The molecule has 1 amide bonds. The van der Waals surface area contributed by atoms with Gasteiger partial charge in [-0.05, 0) is 24.0 Å². The van der Waals surface area contributed by atoms with Crippen LogP contribution in [-0.2, 0) is 22.7 Å². The van der Waals surface area contributed by atoms with E-state index in [1.165, 1.54) is 6.42 Å². The van der Waals surface area contributed by atoms with E-state index in [2.05, 4.69) is 10.1 Å². The Kier molecular flexibility index (Phi) is 6.45. The molecule has 0 aromatic heterocycles. The van der Waals surface area contributed by atoms with Gasteiger partial charge >= 0.3 is 6.18 Å². The summed E-state index contributed by atoms with van der Waals surface area (Å²) in [7, 11) is 0. The monoisotopic (exact) mass is 329 g/mol. The van der Waals surface area contributed by atoms with Crippen LogP contribution in [0.2, 0.25) is 0 Å². The minimum Gasteiger partial charge on any atom is -0.367 e. The van der Waals surface area contributed by atoms with E-state index in [1.54, 1.807) is 24.3 Å². The Balaban J connectivity index is 1.73. The van der Waals surface area contributed by atoms with Gasteiger partial charge in [-0.2, -0.15) is 13.2 Å². The molecule has 0 spiro atoms. The lowest BCUT2D eigenvalue weighted by molar-refractivity contribution is -0.176. The topological polar surface area (TPSA) is 38.3 Å². The number of carbonyl (C=O) groups is 1. The molecule has 1 N–H and O–H groups in total. The van der Waals surface area contributed by atoms with E-state index in [0.717, 1.165) is 31.2 Å². The number of benzene rings is 1. The van der Waals surface area contributed by atoms with Gasteiger partial charge in [-0.15, -0.1) is 0 Å². The van der Waals surface area contributed by atoms with Crippen molar-refractivity contribution in [2.75, 3.05) is 6.61 Å².